The molecular weight excluding hydrogens is 276 g/mol. The Kier molecular flexibility index (Phi) is 3.94. The normalized spacial score (nSPS) is 20.0. The van der Waals surface area contributed by atoms with Crippen LogP contribution in [0, 0.1) is 12.8 Å². The van der Waals surface area contributed by atoms with Crippen LogP contribution >= 0.6 is 11.6 Å². The Balaban J connectivity index is 1.88. The molecule has 2 heterocycles. The van der Waals surface area contributed by atoms with Gasteiger partial charge in [0.05, 0.1) is 6.20 Å². The second kappa shape index (κ2) is 5.85. The number of halogens is 1. The average Bonchev–Trinajstić information content (AvgIpc) is 3.13. The van der Waals surface area contributed by atoms with Gasteiger partial charge in [-0.05, 0) is 32.0 Å². The van der Waals surface area contributed by atoms with Gasteiger partial charge in [0.1, 0.15) is 12.0 Å². The van der Waals surface area contributed by atoms with E-state index >= 15 is 0 Å². The number of ether oxygens (including phenoxy) is 1. The predicted octanol–water partition coefficient (Wildman–Crippen LogP) is 3.37. The van der Waals surface area contributed by atoms with Crippen molar-refractivity contribution in [2.45, 2.75) is 19.4 Å². The lowest BCUT2D eigenvalue weighted by molar-refractivity contribution is 0.113. The number of hydrogen-bond donors (Lipinski definition) is 1. The summed E-state index contributed by atoms with van der Waals surface area (Å²) in [4.78, 5) is 4.26. The highest BCUT2D eigenvalue weighted by Crippen LogP contribution is 2.34. The van der Waals surface area contributed by atoms with E-state index in [4.69, 9.17) is 20.8 Å². The largest absolute Gasteiger partial charge is 0.480 e. The van der Waals surface area contributed by atoms with E-state index in [-0.39, 0.29) is 6.10 Å². The third-order valence-electron chi connectivity index (χ3n) is 3.69. The maximum atomic E-state index is 6.17. The average molecular weight is 293 g/mol. The Morgan fingerprint density at radius 2 is 2.40 bits per heavy atom. The Labute approximate surface area is 123 Å². The molecule has 5 heteroatoms. The maximum Gasteiger partial charge on any atom is 0.235 e. The van der Waals surface area contributed by atoms with Crippen LogP contribution in [-0.2, 0) is 0 Å². The van der Waals surface area contributed by atoms with Crippen LogP contribution in [0.3, 0.4) is 0 Å². The fourth-order valence-electron chi connectivity index (χ4n) is 2.51. The first-order valence-electron chi connectivity index (χ1n) is 6.77. The minimum absolute atomic E-state index is 0.183. The van der Waals surface area contributed by atoms with E-state index in [0.717, 1.165) is 30.8 Å². The van der Waals surface area contributed by atoms with Gasteiger partial charge in [-0.1, -0.05) is 17.7 Å². The minimum atomic E-state index is -0.183. The molecular formula is C15H17ClN2O2. The lowest BCUT2D eigenvalue weighted by Crippen LogP contribution is -2.22. The Morgan fingerprint density at radius 1 is 1.50 bits per heavy atom. The standard InChI is InChI=1S/C15H17ClN2O2/c1-10-12(16)3-2-4-13(10)20-14(11-5-6-17-9-11)15-18-7-8-19-15/h2-4,7-8,11,14,17H,5-6,9H2,1H3/t11-,14?/m0/s1. The van der Waals surface area contributed by atoms with Crippen LogP contribution in [-0.4, -0.2) is 18.1 Å². The van der Waals surface area contributed by atoms with Gasteiger partial charge < -0.3 is 14.5 Å². The molecule has 4 nitrogen and oxygen atoms in total. The van der Waals surface area contributed by atoms with Crippen molar-refractivity contribution >= 4 is 11.6 Å². The van der Waals surface area contributed by atoms with E-state index in [1.54, 1.807) is 12.5 Å². The highest BCUT2D eigenvalue weighted by Gasteiger charge is 2.31. The van der Waals surface area contributed by atoms with E-state index in [1.807, 2.05) is 25.1 Å². The molecule has 20 heavy (non-hydrogen) atoms. The molecule has 1 aliphatic heterocycles. The van der Waals surface area contributed by atoms with Crippen LogP contribution in [0.1, 0.15) is 24.0 Å². The Hall–Kier alpha value is -1.52. The van der Waals surface area contributed by atoms with Crippen molar-refractivity contribution in [1.82, 2.24) is 10.3 Å². The monoisotopic (exact) mass is 292 g/mol. The molecule has 0 aliphatic carbocycles. The highest BCUT2D eigenvalue weighted by molar-refractivity contribution is 6.31. The van der Waals surface area contributed by atoms with Crippen molar-refractivity contribution in [1.29, 1.82) is 0 Å². The molecule has 0 bridgehead atoms. The topological polar surface area (TPSA) is 47.3 Å². The molecule has 0 radical (unpaired) electrons. The second-order valence-electron chi connectivity index (χ2n) is 5.02. The van der Waals surface area contributed by atoms with Crippen LogP contribution in [0.2, 0.25) is 5.02 Å². The van der Waals surface area contributed by atoms with E-state index < -0.39 is 0 Å². The number of nitrogens with one attached hydrogen (secondary N) is 1. The summed E-state index contributed by atoms with van der Waals surface area (Å²) >= 11 is 6.15. The molecule has 106 valence electrons. The first-order valence-corrected chi connectivity index (χ1v) is 7.15. The summed E-state index contributed by atoms with van der Waals surface area (Å²) in [6.45, 7) is 3.86. The maximum absolute atomic E-state index is 6.17. The van der Waals surface area contributed by atoms with Crippen LogP contribution in [0.5, 0.6) is 5.75 Å². The van der Waals surface area contributed by atoms with Crippen molar-refractivity contribution in [2.75, 3.05) is 13.1 Å². The summed E-state index contributed by atoms with van der Waals surface area (Å²) in [5.74, 6) is 1.76. The zero-order chi connectivity index (χ0) is 13.9. The van der Waals surface area contributed by atoms with Gasteiger partial charge in [0.2, 0.25) is 5.89 Å². The van der Waals surface area contributed by atoms with Crippen LogP contribution in [0.4, 0.5) is 0 Å². The highest BCUT2D eigenvalue weighted by atomic mass is 35.5. The molecule has 0 saturated carbocycles. The van der Waals surface area contributed by atoms with Gasteiger partial charge in [0.25, 0.3) is 0 Å². The molecule has 1 aromatic heterocycles. The summed E-state index contributed by atoms with van der Waals surface area (Å²) < 4.78 is 11.6. The van der Waals surface area contributed by atoms with Crippen molar-refractivity contribution in [3.8, 4) is 5.75 Å². The fourth-order valence-corrected chi connectivity index (χ4v) is 2.68. The Morgan fingerprint density at radius 3 is 3.10 bits per heavy atom. The molecule has 3 rings (SSSR count). The van der Waals surface area contributed by atoms with Gasteiger partial charge in [-0.15, -0.1) is 0 Å². The minimum Gasteiger partial charge on any atom is -0.480 e. The van der Waals surface area contributed by atoms with Crippen LogP contribution in [0.25, 0.3) is 0 Å². The molecule has 1 aromatic carbocycles. The summed E-state index contributed by atoms with van der Waals surface area (Å²) in [6, 6.07) is 5.69. The van der Waals surface area contributed by atoms with Gasteiger partial charge in [0.15, 0.2) is 6.10 Å². The number of nitrogens with zero attached hydrogens (tertiary/aromatic N) is 1. The zero-order valence-electron chi connectivity index (χ0n) is 11.3. The smallest absolute Gasteiger partial charge is 0.235 e. The number of hydrogen-bond acceptors (Lipinski definition) is 4. The van der Waals surface area contributed by atoms with Gasteiger partial charge in [-0.2, -0.15) is 0 Å². The summed E-state index contributed by atoms with van der Waals surface area (Å²) in [5, 5.41) is 4.06. The van der Waals surface area contributed by atoms with E-state index in [9.17, 15) is 0 Å². The first-order chi connectivity index (χ1) is 9.75. The molecule has 0 amide bonds. The third kappa shape index (κ3) is 2.67. The molecule has 2 aromatic rings. The van der Waals surface area contributed by atoms with Gasteiger partial charge in [0, 0.05) is 23.0 Å². The number of rotatable bonds is 4. The molecule has 1 aliphatic rings. The second-order valence-corrected chi connectivity index (χ2v) is 5.43. The molecule has 2 atom stereocenters. The summed E-state index contributed by atoms with van der Waals surface area (Å²) in [7, 11) is 0. The SMILES string of the molecule is Cc1c(Cl)cccc1OC(c1ncco1)[C@H]1CCNC1. The quantitative estimate of drug-likeness (QED) is 0.938. The van der Waals surface area contributed by atoms with Crippen molar-refractivity contribution < 1.29 is 9.15 Å². The zero-order valence-corrected chi connectivity index (χ0v) is 12.1. The lowest BCUT2D eigenvalue weighted by atomic mass is 10.0. The lowest BCUT2D eigenvalue weighted by Gasteiger charge is -2.22. The first kappa shape index (κ1) is 13.5. The van der Waals surface area contributed by atoms with Gasteiger partial charge in [-0.25, -0.2) is 4.98 Å². The van der Waals surface area contributed by atoms with Crippen LogP contribution < -0.4 is 10.1 Å². The van der Waals surface area contributed by atoms with Crippen molar-refractivity contribution in [3.05, 3.63) is 47.1 Å². The number of aromatic nitrogens is 1. The summed E-state index contributed by atoms with van der Waals surface area (Å²) in [6.07, 6.45) is 4.10. The Bertz CT molecular complexity index is 565. The molecule has 1 saturated heterocycles. The van der Waals surface area contributed by atoms with E-state index in [1.165, 1.54) is 0 Å². The van der Waals surface area contributed by atoms with Crippen LogP contribution in [0.15, 0.2) is 35.1 Å². The third-order valence-corrected chi connectivity index (χ3v) is 4.10. The van der Waals surface area contributed by atoms with E-state index in [0.29, 0.717) is 16.8 Å². The molecule has 1 N–H and O–H groups in total. The fraction of sp³-hybridized carbons (Fsp3) is 0.400. The summed E-state index contributed by atoms with van der Waals surface area (Å²) in [5.41, 5.74) is 0.941. The van der Waals surface area contributed by atoms with Gasteiger partial charge >= 0.3 is 0 Å². The molecule has 0 spiro atoms. The number of oxazole rings is 1. The van der Waals surface area contributed by atoms with Crippen molar-refractivity contribution in [2.24, 2.45) is 5.92 Å². The van der Waals surface area contributed by atoms with Gasteiger partial charge in [-0.3, -0.25) is 0 Å². The molecule has 1 unspecified atom stereocenters. The van der Waals surface area contributed by atoms with Crippen molar-refractivity contribution in [3.63, 3.8) is 0 Å². The van der Waals surface area contributed by atoms with E-state index in [2.05, 4.69) is 10.3 Å². The number of benzene rings is 1. The molecule has 1 fully saturated rings. The predicted molar refractivity (Wildman–Crippen MR) is 77.0 cm³/mol.